The highest BCUT2D eigenvalue weighted by Gasteiger charge is 2.16. The maximum atomic E-state index is 13.0. The third kappa shape index (κ3) is 3.90. The topological polar surface area (TPSA) is 132 Å². The lowest BCUT2D eigenvalue weighted by atomic mass is 10.1. The van der Waals surface area contributed by atoms with Gasteiger partial charge in [-0.25, -0.2) is 4.79 Å². The van der Waals surface area contributed by atoms with Gasteiger partial charge in [-0.15, -0.1) is 0 Å². The van der Waals surface area contributed by atoms with Crippen molar-refractivity contribution in [2.75, 3.05) is 13.7 Å². The van der Waals surface area contributed by atoms with E-state index in [0.29, 0.717) is 41.7 Å². The largest absolute Gasteiger partial charge is 0.464 e. The lowest BCUT2D eigenvalue weighted by Gasteiger charge is -2.12. The maximum Gasteiger partial charge on any atom is 0.354 e. The van der Waals surface area contributed by atoms with Crippen molar-refractivity contribution >= 4 is 39.8 Å². The van der Waals surface area contributed by atoms with Crippen LogP contribution >= 0.6 is 0 Å². The summed E-state index contributed by atoms with van der Waals surface area (Å²) in [5, 5.41) is 10.9. The molecule has 0 spiro atoms. The summed E-state index contributed by atoms with van der Waals surface area (Å²) >= 11 is 0. The number of amides is 1. The first-order chi connectivity index (χ1) is 13.9. The number of ether oxygens (including phenoxy) is 1. The fourth-order valence-electron chi connectivity index (χ4n) is 3.28. The second-order valence-corrected chi connectivity index (χ2v) is 6.68. The molecule has 0 aliphatic heterocycles. The number of nitrogens with one attached hydrogen (secondary N) is 2. The third-order valence-corrected chi connectivity index (χ3v) is 4.59. The normalized spacial score (nSPS) is 11.8. The molecule has 0 fully saturated rings. The number of carbonyl (C=O) groups is 2. The number of esters is 1. The van der Waals surface area contributed by atoms with Crippen molar-refractivity contribution in [3.05, 3.63) is 45.5 Å². The van der Waals surface area contributed by atoms with Crippen LogP contribution in [0.5, 0.6) is 0 Å². The Morgan fingerprint density at radius 3 is 2.79 bits per heavy atom. The van der Waals surface area contributed by atoms with Crippen molar-refractivity contribution in [3.8, 4) is 0 Å². The Bertz CT molecular complexity index is 1190. The monoisotopic (exact) mass is 397 g/mol. The number of aryl methyl sites for hydroxylation is 2. The van der Waals surface area contributed by atoms with E-state index in [1.807, 2.05) is 6.07 Å². The van der Waals surface area contributed by atoms with E-state index in [4.69, 9.17) is 10.5 Å². The summed E-state index contributed by atoms with van der Waals surface area (Å²) in [6.45, 7) is 4.06. The summed E-state index contributed by atoms with van der Waals surface area (Å²) in [5.41, 5.74) is 8.14. The van der Waals surface area contributed by atoms with Crippen molar-refractivity contribution < 1.29 is 14.3 Å². The molecule has 2 heterocycles. The van der Waals surface area contributed by atoms with Gasteiger partial charge in [0.15, 0.2) is 0 Å². The Balaban J connectivity index is 2.26. The van der Waals surface area contributed by atoms with Gasteiger partial charge in [0.25, 0.3) is 5.56 Å². The molecule has 0 unspecified atom stereocenters. The van der Waals surface area contributed by atoms with Gasteiger partial charge in [0.2, 0.25) is 5.91 Å². The van der Waals surface area contributed by atoms with Crippen LogP contribution in [0.4, 0.5) is 0 Å². The first-order valence-electron chi connectivity index (χ1n) is 9.16. The number of aromatic nitrogens is 3. The Hall–Kier alpha value is -3.46. The molecular formula is C20H23N5O4. The van der Waals surface area contributed by atoms with Crippen LogP contribution in [0.3, 0.4) is 0 Å². The quantitative estimate of drug-likeness (QED) is 0.423. The predicted octanol–water partition coefficient (Wildman–Crippen LogP) is 1.19. The molecule has 0 saturated carbocycles. The highest BCUT2D eigenvalue weighted by Crippen LogP contribution is 2.25. The lowest BCUT2D eigenvalue weighted by Crippen LogP contribution is -2.25. The smallest absolute Gasteiger partial charge is 0.354 e. The number of nitrogens with two attached hydrogens (primary N) is 1. The number of methoxy groups -OCH3 is 1. The molecule has 0 aliphatic rings. The van der Waals surface area contributed by atoms with Crippen LogP contribution in [0, 0.1) is 6.92 Å². The van der Waals surface area contributed by atoms with Gasteiger partial charge >= 0.3 is 5.97 Å². The lowest BCUT2D eigenvalue weighted by molar-refractivity contribution is -0.137. The highest BCUT2D eigenvalue weighted by molar-refractivity contribution is 6.05. The van der Waals surface area contributed by atoms with Gasteiger partial charge in [-0.1, -0.05) is 6.07 Å². The number of hydrogen-bond donors (Lipinski definition) is 3. The van der Waals surface area contributed by atoms with E-state index in [9.17, 15) is 14.4 Å². The fraction of sp³-hybridized carbons (Fsp3) is 0.300. The zero-order chi connectivity index (χ0) is 21.1. The van der Waals surface area contributed by atoms with Gasteiger partial charge in [0.05, 0.1) is 18.0 Å². The number of pyridine rings is 1. The molecule has 9 heteroatoms. The second kappa shape index (κ2) is 8.27. The molecule has 0 radical (unpaired) electrons. The molecule has 1 aromatic carbocycles. The average molecular weight is 397 g/mol. The SMILES string of the molecule is COC(=O)C(=Cc1ccc2c(c1)c1n[nH]c(C)c1c(=O)n2CCCN)NC(C)=O. The summed E-state index contributed by atoms with van der Waals surface area (Å²) in [6.07, 6.45) is 2.18. The summed E-state index contributed by atoms with van der Waals surface area (Å²) in [7, 11) is 1.24. The van der Waals surface area contributed by atoms with E-state index in [1.165, 1.54) is 20.1 Å². The van der Waals surface area contributed by atoms with Crippen LogP contribution in [0.15, 0.2) is 28.7 Å². The molecule has 0 bridgehead atoms. The van der Waals surface area contributed by atoms with E-state index in [0.717, 1.165) is 10.9 Å². The fourth-order valence-corrected chi connectivity index (χ4v) is 3.28. The van der Waals surface area contributed by atoms with Crippen molar-refractivity contribution in [2.24, 2.45) is 5.73 Å². The van der Waals surface area contributed by atoms with E-state index in [1.54, 1.807) is 23.6 Å². The minimum atomic E-state index is -0.658. The number of H-pyrrole nitrogens is 1. The van der Waals surface area contributed by atoms with Crippen LogP contribution in [0.1, 0.15) is 24.6 Å². The van der Waals surface area contributed by atoms with Crippen molar-refractivity contribution in [1.82, 2.24) is 20.1 Å². The van der Waals surface area contributed by atoms with Gasteiger partial charge in [0, 0.05) is 24.5 Å². The number of nitrogens with zero attached hydrogens (tertiary/aromatic N) is 2. The van der Waals surface area contributed by atoms with E-state index >= 15 is 0 Å². The molecule has 3 aromatic rings. The maximum absolute atomic E-state index is 13.0. The summed E-state index contributed by atoms with van der Waals surface area (Å²) in [6, 6.07) is 5.38. The zero-order valence-corrected chi connectivity index (χ0v) is 16.5. The molecule has 2 aromatic heterocycles. The Kier molecular flexibility index (Phi) is 5.79. The molecule has 0 aliphatic carbocycles. The number of benzene rings is 1. The molecule has 29 heavy (non-hydrogen) atoms. The zero-order valence-electron chi connectivity index (χ0n) is 16.5. The first kappa shape index (κ1) is 20.3. The van der Waals surface area contributed by atoms with Crippen LogP contribution in [0.25, 0.3) is 27.9 Å². The second-order valence-electron chi connectivity index (χ2n) is 6.68. The Morgan fingerprint density at radius 1 is 1.38 bits per heavy atom. The number of aromatic amines is 1. The third-order valence-electron chi connectivity index (χ3n) is 4.59. The summed E-state index contributed by atoms with van der Waals surface area (Å²) < 4.78 is 6.42. The highest BCUT2D eigenvalue weighted by atomic mass is 16.5. The molecular weight excluding hydrogens is 374 g/mol. The van der Waals surface area contributed by atoms with Crippen LogP contribution in [-0.4, -0.2) is 40.3 Å². The standard InChI is InChI=1S/C20H23N5O4/c1-11-17-18(24-23-11)14-9-13(10-15(20(28)29-3)22-12(2)26)5-6-16(14)25(19(17)27)8-4-7-21/h5-6,9-10H,4,7-8,21H2,1-3H3,(H,22,26)(H,23,24). The van der Waals surface area contributed by atoms with Crippen molar-refractivity contribution in [3.63, 3.8) is 0 Å². The van der Waals surface area contributed by atoms with Gasteiger partial charge in [-0.05, 0) is 43.7 Å². The van der Waals surface area contributed by atoms with Crippen LogP contribution in [-0.2, 0) is 20.9 Å². The number of carbonyl (C=O) groups excluding carboxylic acids is 2. The van der Waals surface area contributed by atoms with Crippen molar-refractivity contribution in [2.45, 2.75) is 26.8 Å². The van der Waals surface area contributed by atoms with E-state index < -0.39 is 5.97 Å². The predicted molar refractivity (Wildman–Crippen MR) is 110 cm³/mol. The van der Waals surface area contributed by atoms with Gasteiger partial charge < -0.3 is 20.4 Å². The molecule has 152 valence electrons. The minimum absolute atomic E-state index is 0.0188. The summed E-state index contributed by atoms with van der Waals surface area (Å²) in [4.78, 5) is 36.4. The molecule has 9 nitrogen and oxygen atoms in total. The molecule has 4 N–H and O–H groups in total. The first-order valence-corrected chi connectivity index (χ1v) is 9.16. The van der Waals surface area contributed by atoms with Gasteiger partial charge in [-0.2, -0.15) is 5.10 Å². The Morgan fingerprint density at radius 2 is 2.14 bits per heavy atom. The Labute approximate surface area is 166 Å². The van der Waals surface area contributed by atoms with E-state index in [2.05, 4.69) is 15.5 Å². The summed E-state index contributed by atoms with van der Waals surface area (Å²) in [5.74, 6) is -1.04. The molecule has 0 saturated heterocycles. The van der Waals surface area contributed by atoms with Crippen molar-refractivity contribution in [1.29, 1.82) is 0 Å². The number of rotatable bonds is 6. The average Bonchev–Trinajstić information content (AvgIpc) is 3.08. The molecule has 3 rings (SSSR count). The minimum Gasteiger partial charge on any atom is -0.464 e. The number of hydrogen-bond acceptors (Lipinski definition) is 6. The molecule has 0 atom stereocenters. The van der Waals surface area contributed by atoms with Gasteiger partial charge in [0.1, 0.15) is 11.2 Å². The molecule has 1 amide bonds. The number of fused-ring (bicyclic) bond motifs is 3. The van der Waals surface area contributed by atoms with Gasteiger partial charge in [-0.3, -0.25) is 14.7 Å². The van der Waals surface area contributed by atoms with E-state index in [-0.39, 0.29) is 17.2 Å². The van der Waals surface area contributed by atoms with Crippen LogP contribution < -0.4 is 16.6 Å². The van der Waals surface area contributed by atoms with Crippen LogP contribution in [0.2, 0.25) is 0 Å².